The van der Waals surface area contributed by atoms with Crippen molar-refractivity contribution in [3.8, 4) is 5.75 Å². The Morgan fingerprint density at radius 2 is 2.16 bits per heavy atom. The number of hydrogen-bond acceptors (Lipinski definition) is 4. The first-order chi connectivity index (χ1) is 11.7. The third-order valence-corrected chi connectivity index (χ3v) is 4.95. The van der Waals surface area contributed by atoms with Crippen molar-refractivity contribution in [3.05, 3.63) is 28.2 Å². The lowest BCUT2D eigenvalue weighted by atomic mass is 10.1. The Kier molecular flexibility index (Phi) is 6.74. The van der Waals surface area contributed by atoms with Gasteiger partial charge in [0.2, 0.25) is 0 Å². The minimum Gasteiger partial charge on any atom is -0.496 e. The lowest BCUT2D eigenvalue weighted by molar-refractivity contribution is 0.0288. The third-order valence-electron chi connectivity index (χ3n) is 4.33. The summed E-state index contributed by atoms with van der Waals surface area (Å²) in [5, 5.41) is 3.57. The van der Waals surface area contributed by atoms with Crippen molar-refractivity contribution in [1.29, 1.82) is 0 Å². The molecule has 0 saturated carbocycles. The van der Waals surface area contributed by atoms with Crippen LogP contribution in [0, 0.1) is 5.92 Å². The summed E-state index contributed by atoms with van der Waals surface area (Å²) in [4.78, 5) is 13.9. The molecule has 0 radical (unpaired) electrons. The number of likely N-dealkylation sites (tertiary alicyclic amines) is 1. The van der Waals surface area contributed by atoms with Gasteiger partial charge in [-0.05, 0) is 73.7 Å². The van der Waals surface area contributed by atoms with Gasteiger partial charge in [0.15, 0.2) is 0 Å². The Morgan fingerprint density at radius 1 is 1.44 bits per heavy atom. The lowest BCUT2D eigenvalue weighted by Gasteiger charge is -2.24. The predicted molar refractivity (Wildman–Crippen MR) is 103 cm³/mol. The number of carbonyl (C=O) groups is 1. The van der Waals surface area contributed by atoms with Crippen LogP contribution in [-0.4, -0.2) is 43.3 Å². The third kappa shape index (κ3) is 5.89. The van der Waals surface area contributed by atoms with E-state index in [2.05, 4.69) is 40.3 Å². The molecule has 1 aliphatic heterocycles. The number of nitrogens with zero attached hydrogens (tertiary/aromatic N) is 1. The topological polar surface area (TPSA) is 50.8 Å². The van der Waals surface area contributed by atoms with Crippen molar-refractivity contribution in [2.45, 2.75) is 45.8 Å². The highest BCUT2D eigenvalue weighted by molar-refractivity contribution is 9.10. The average Bonchev–Trinajstić information content (AvgIpc) is 3.00. The monoisotopic (exact) mass is 412 g/mol. The van der Waals surface area contributed by atoms with E-state index >= 15 is 0 Å². The van der Waals surface area contributed by atoms with Crippen LogP contribution in [0.1, 0.15) is 45.7 Å². The van der Waals surface area contributed by atoms with Gasteiger partial charge >= 0.3 is 6.09 Å². The minimum absolute atomic E-state index is 0.206. The van der Waals surface area contributed by atoms with Crippen molar-refractivity contribution in [1.82, 2.24) is 10.2 Å². The van der Waals surface area contributed by atoms with E-state index in [-0.39, 0.29) is 12.1 Å². The molecule has 1 aliphatic rings. The van der Waals surface area contributed by atoms with Gasteiger partial charge in [-0.1, -0.05) is 6.07 Å². The molecule has 6 heteroatoms. The molecule has 2 atom stereocenters. The number of methoxy groups -OCH3 is 1. The van der Waals surface area contributed by atoms with Gasteiger partial charge in [-0.3, -0.25) is 0 Å². The molecule has 1 heterocycles. The van der Waals surface area contributed by atoms with E-state index in [1.807, 2.05) is 31.7 Å². The maximum absolute atomic E-state index is 12.1. The summed E-state index contributed by atoms with van der Waals surface area (Å²) >= 11 is 3.53. The first-order valence-corrected chi connectivity index (χ1v) is 9.53. The van der Waals surface area contributed by atoms with E-state index in [4.69, 9.17) is 9.47 Å². The van der Waals surface area contributed by atoms with Gasteiger partial charge in [-0.2, -0.15) is 0 Å². The van der Waals surface area contributed by atoms with Crippen LogP contribution < -0.4 is 10.1 Å². The fraction of sp³-hybridized carbons (Fsp3) is 0.632. The largest absolute Gasteiger partial charge is 0.496 e. The molecule has 2 rings (SSSR count). The second-order valence-electron chi connectivity index (χ2n) is 7.60. The van der Waals surface area contributed by atoms with E-state index in [9.17, 15) is 4.79 Å². The van der Waals surface area contributed by atoms with Gasteiger partial charge in [-0.15, -0.1) is 0 Å². The highest BCUT2D eigenvalue weighted by atomic mass is 79.9. The SMILES string of the molecule is COc1ccc(C(C)NCC2CCN(C(=O)OC(C)(C)C)C2)cc1Br. The molecule has 1 saturated heterocycles. The second-order valence-corrected chi connectivity index (χ2v) is 8.46. The number of ether oxygens (including phenoxy) is 2. The van der Waals surface area contributed by atoms with Gasteiger partial charge in [0.25, 0.3) is 0 Å². The molecule has 0 spiro atoms. The summed E-state index contributed by atoms with van der Waals surface area (Å²) in [5.74, 6) is 1.29. The van der Waals surface area contributed by atoms with Crippen LogP contribution in [0.25, 0.3) is 0 Å². The van der Waals surface area contributed by atoms with Crippen LogP contribution in [0.5, 0.6) is 5.75 Å². The number of halogens is 1. The summed E-state index contributed by atoms with van der Waals surface area (Å²) in [6, 6.07) is 6.36. The smallest absolute Gasteiger partial charge is 0.410 e. The first kappa shape index (κ1) is 20.0. The Bertz CT molecular complexity index is 601. The lowest BCUT2D eigenvalue weighted by Crippen LogP contribution is -2.36. The fourth-order valence-electron chi connectivity index (χ4n) is 2.90. The van der Waals surface area contributed by atoms with E-state index in [0.717, 1.165) is 36.3 Å². The summed E-state index contributed by atoms with van der Waals surface area (Å²) in [5.41, 5.74) is 0.763. The van der Waals surface area contributed by atoms with Gasteiger partial charge in [0, 0.05) is 25.7 Å². The normalized spacial score (nSPS) is 19.0. The molecule has 0 aromatic heterocycles. The number of carbonyl (C=O) groups excluding carboxylic acids is 1. The molecule has 1 aromatic carbocycles. The maximum atomic E-state index is 12.1. The van der Waals surface area contributed by atoms with E-state index in [0.29, 0.717) is 5.92 Å². The zero-order valence-electron chi connectivity index (χ0n) is 15.8. The first-order valence-electron chi connectivity index (χ1n) is 8.74. The van der Waals surface area contributed by atoms with Crippen LogP contribution in [-0.2, 0) is 4.74 Å². The van der Waals surface area contributed by atoms with Crippen molar-refractivity contribution in [2.75, 3.05) is 26.7 Å². The molecule has 1 amide bonds. The Morgan fingerprint density at radius 3 is 2.76 bits per heavy atom. The maximum Gasteiger partial charge on any atom is 0.410 e. The van der Waals surface area contributed by atoms with Crippen LogP contribution in [0.3, 0.4) is 0 Å². The molecule has 2 unspecified atom stereocenters. The van der Waals surface area contributed by atoms with Crippen molar-refractivity contribution in [3.63, 3.8) is 0 Å². The van der Waals surface area contributed by atoms with E-state index in [1.54, 1.807) is 7.11 Å². The fourth-order valence-corrected chi connectivity index (χ4v) is 3.46. The second kappa shape index (κ2) is 8.41. The van der Waals surface area contributed by atoms with Crippen molar-refractivity contribution >= 4 is 22.0 Å². The Hall–Kier alpha value is -1.27. The summed E-state index contributed by atoms with van der Waals surface area (Å²) in [7, 11) is 1.66. The van der Waals surface area contributed by atoms with Crippen molar-refractivity contribution < 1.29 is 14.3 Å². The Balaban J connectivity index is 1.82. The molecular weight excluding hydrogens is 384 g/mol. The van der Waals surface area contributed by atoms with Crippen LogP contribution >= 0.6 is 15.9 Å². The van der Waals surface area contributed by atoms with Gasteiger partial charge < -0.3 is 19.7 Å². The molecule has 0 aliphatic carbocycles. The zero-order valence-corrected chi connectivity index (χ0v) is 17.4. The van der Waals surface area contributed by atoms with Gasteiger partial charge in [0.05, 0.1) is 11.6 Å². The summed E-state index contributed by atoms with van der Waals surface area (Å²) in [6.45, 7) is 10.2. The van der Waals surface area contributed by atoms with Crippen LogP contribution in [0.2, 0.25) is 0 Å². The van der Waals surface area contributed by atoms with E-state index < -0.39 is 5.60 Å². The molecule has 140 valence electrons. The number of hydrogen-bond donors (Lipinski definition) is 1. The summed E-state index contributed by atoms with van der Waals surface area (Å²) in [6.07, 6.45) is 0.799. The molecular formula is C19H29BrN2O3. The molecule has 5 nitrogen and oxygen atoms in total. The molecule has 0 bridgehead atoms. The number of amides is 1. The minimum atomic E-state index is -0.441. The highest BCUT2D eigenvalue weighted by Crippen LogP contribution is 2.28. The van der Waals surface area contributed by atoms with Gasteiger partial charge in [0.1, 0.15) is 11.4 Å². The van der Waals surface area contributed by atoms with Crippen molar-refractivity contribution in [2.24, 2.45) is 5.92 Å². The molecule has 1 fully saturated rings. The zero-order chi connectivity index (χ0) is 18.6. The standard InChI is InChI=1S/C19H29BrN2O3/c1-13(15-6-7-17(24-5)16(20)10-15)21-11-14-8-9-22(12-14)18(23)25-19(2,3)4/h6-7,10,13-14,21H,8-9,11-12H2,1-5H3. The van der Waals surface area contributed by atoms with Crippen LogP contribution in [0.4, 0.5) is 4.79 Å². The Labute approximate surface area is 159 Å². The predicted octanol–water partition coefficient (Wildman–Crippen LogP) is 4.37. The summed E-state index contributed by atoms with van der Waals surface area (Å²) < 4.78 is 11.7. The molecule has 1 aromatic rings. The highest BCUT2D eigenvalue weighted by Gasteiger charge is 2.29. The van der Waals surface area contributed by atoms with Crippen LogP contribution in [0.15, 0.2) is 22.7 Å². The number of nitrogens with one attached hydrogen (secondary N) is 1. The molecule has 1 N–H and O–H groups in total. The van der Waals surface area contributed by atoms with Gasteiger partial charge in [-0.25, -0.2) is 4.79 Å². The number of rotatable bonds is 5. The molecule has 25 heavy (non-hydrogen) atoms. The quantitative estimate of drug-likeness (QED) is 0.779. The average molecular weight is 413 g/mol. The van der Waals surface area contributed by atoms with E-state index in [1.165, 1.54) is 5.56 Å². The number of benzene rings is 1.